The summed E-state index contributed by atoms with van der Waals surface area (Å²) in [5.41, 5.74) is 1.55. The molecule has 128 valence electrons. The van der Waals surface area contributed by atoms with Crippen LogP contribution in [-0.2, 0) is 16.0 Å². The van der Waals surface area contributed by atoms with Crippen molar-refractivity contribution in [1.82, 2.24) is 0 Å². The summed E-state index contributed by atoms with van der Waals surface area (Å²) < 4.78 is 10.9. The summed E-state index contributed by atoms with van der Waals surface area (Å²) in [5.74, 6) is 0.332. The SMILES string of the molecule is COC(=O)c1ccc2c(c1)CCC1(CCN(c3ccccc3)C1=O)O2. The largest absolute Gasteiger partial charge is 0.477 e. The number of carbonyl (C=O) groups excluding carboxylic acids is 2. The quantitative estimate of drug-likeness (QED) is 0.791. The number of ether oxygens (including phenoxy) is 2. The lowest BCUT2D eigenvalue weighted by molar-refractivity contribution is -0.131. The average molecular weight is 337 g/mol. The van der Waals surface area contributed by atoms with Crippen LogP contribution in [0.5, 0.6) is 5.75 Å². The summed E-state index contributed by atoms with van der Waals surface area (Å²) in [5, 5.41) is 0. The lowest BCUT2D eigenvalue weighted by atomic mass is 9.89. The van der Waals surface area contributed by atoms with Crippen molar-refractivity contribution in [3.63, 3.8) is 0 Å². The summed E-state index contributed by atoms with van der Waals surface area (Å²) >= 11 is 0. The topological polar surface area (TPSA) is 55.8 Å². The van der Waals surface area contributed by atoms with Crippen molar-refractivity contribution in [2.75, 3.05) is 18.6 Å². The zero-order valence-electron chi connectivity index (χ0n) is 14.0. The van der Waals surface area contributed by atoms with Gasteiger partial charge in [-0.3, -0.25) is 4.79 Å². The van der Waals surface area contributed by atoms with E-state index in [1.165, 1.54) is 7.11 Å². The van der Waals surface area contributed by atoms with E-state index < -0.39 is 5.60 Å². The molecule has 0 N–H and O–H groups in total. The number of aryl methyl sites for hydroxylation is 1. The molecule has 0 aromatic heterocycles. The van der Waals surface area contributed by atoms with Gasteiger partial charge >= 0.3 is 5.97 Å². The van der Waals surface area contributed by atoms with Gasteiger partial charge in [-0.1, -0.05) is 18.2 Å². The van der Waals surface area contributed by atoms with Crippen LogP contribution in [0.15, 0.2) is 48.5 Å². The van der Waals surface area contributed by atoms with Crippen molar-refractivity contribution in [1.29, 1.82) is 0 Å². The smallest absolute Gasteiger partial charge is 0.337 e. The van der Waals surface area contributed by atoms with Gasteiger partial charge in [-0.15, -0.1) is 0 Å². The van der Waals surface area contributed by atoms with E-state index in [1.54, 1.807) is 23.1 Å². The second kappa shape index (κ2) is 5.92. The fourth-order valence-corrected chi connectivity index (χ4v) is 3.65. The Morgan fingerprint density at radius 1 is 1.16 bits per heavy atom. The second-order valence-corrected chi connectivity index (χ2v) is 6.45. The zero-order valence-corrected chi connectivity index (χ0v) is 14.0. The maximum Gasteiger partial charge on any atom is 0.337 e. The van der Waals surface area contributed by atoms with Gasteiger partial charge in [0, 0.05) is 25.1 Å². The third-order valence-electron chi connectivity index (χ3n) is 5.03. The number of amides is 1. The molecule has 1 fully saturated rings. The number of anilines is 1. The number of nitrogens with zero attached hydrogens (tertiary/aromatic N) is 1. The number of hydrogen-bond donors (Lipinski definition) is 0. The van der Waals surface area contributed by atoms with Crippen LogP contribution in [0.3, 0.4) is 0 Å². The Morgan fingerprint density at radius 2 is 1.96 bits per heavy atom. The van der Waals surface area contributed by atoms with Gasteiger partial charge in [0.15, 0.2) is 5.60 Å². The minimum atomic E-state index is -0.796. The van der Waals surface area contributed by atoms with Gasteiger partial charge < -0.3 is 14.4 Å². The number of benzene rings is 2. The van der Waals surface area contributed by atoms with E-state index in [1.807, 2.05) is 30.3 Å². The van der Waals surface area contributed by atoms with Crippen LogP contribution in [0.25, 0.3) is 0 Å². The lowest BCUT2D eigenvalue weighted by Gasteiger charge is -2.34. The van der Waals surface area contributed by atoms with Gasteiger partial charge in [0.2, 0.25) is 0 Å². The van der Waals surface area contributed by atoms with Crippen LogP contribution in [0, 0.1) is 0 Å². The molecule has 2 aliphatic rings. The van der Waals surface area contributed by atoms with Crippen LogP contribution in [0.1, 0.15) is 28.8 Å². The molecular weight excluding hydrogens is 318 g/mol. The molecule has 2 aromatic carbocycles. The van der Waals surface area contributed by atoms with Crippen LogP contribution in [-0.4, -0.2) is 31.1 Å². The number of hydrogen-bond acceptors (Lipinski definition) is 4. The molecule has 5 nitrogen and oxygen atoms in total. The summed E-state index contributed by atoms with van der Waals surface area (Å²) in [6, 6.07) is 14.9. The molecule has 2 aliphatic heterocycles. The number of rotatable bonds is 2. The maximum atomic E-state index is 13.0. The van der Waals surface area contributed by atoms with E-state index in [9.17, 15) is 9.59 Å². The van der Waals surface area contributed by atoms with Gasteiger partial charge in [-0.2, -0.15) is 0 Å². The first-order valence-electron chi connectivity index (χ1n) is 8.40. The molecule has 5 heteroatoms. The third kappa shape index (κ3) is 2.56. The first kappa shape index (κ1) is 15.7. The molecule has 1 spiro atoms. The molecule has 1 saturated heterocycles. The molecule has 0 aliphatic carbocycles. The second-order valence-electron chi connectivity index (χ2n) is 6.45. The number of fused-ring (bicyclic) bond motifs is 1. The van der Waals surface area contributed by atoms with Crippen molar-refractivity contribution < 1.29 is 19.1 Å². The molecular formula is C20H19NO4. The molecule has 0 bridgehead atoms. The Kier molecular flexibility index (Phi) is 3.71. The highest BCUT2D eigenvalue weighted by molar-refractivity contribution is 6.02. The Balaban J connectivity index is 1.60. The maximum absolute atomic E-state index is 13.0. The van der Waals surface area contributed by atoms with E-state index in [2.05, 4.69) is 0 Å². The van der Waals surface area contributed by atoms with Gasteiger partial charge in [0.05, 0.1) is 12.7 Å². The van der Waals surface area contributed by atoms with Gasteiger partial charge in [-0.25, -0.2) is 4.79 Å². The summed E-state index contributed by atoms with van der Waals surface area (Å²) in [7, 11) is 1.36. The van der Waals surface area contributed by atoms with Gasteiger partial charge in [0.25, 0.3) is 5.91 Å². The molecule has 4 rings (SSSR count). The van der Waals surface area contributed by atoms with Crippen molar-refractivity contribution in [3.8, 4) is 5.75 Å². The fourth-order valence-electron chi connectivity index (χ4n) is 3.65. The van der Waals surface area contributed by atoms with Crippen LogP contribution >= 0.6 is 0 Å². The number of esters is 1. The van der Waals surface area contributed by atoms with E-state index >= 15 is 0 Å². The van der Waals surface area contributed by atoms with E-state index in [4.69, 9.17) is 9.47 Å². The molecule has 25 heavy (non-hydrogen) atoms. The Morgan fingerprint density at radius 3 is 2.72 bits per heavy atom. The fraction of sp³-hybridized carbons (Fsp3) is 0.300. The number of para-hydroxylation sites is 1. The highest BCUT2D eigenvalue weighted by Gasteiger charge is 2.51. The molecule has 0 radical (unpaired) electrons. The normalized spacial score (nSPS) is 21.8. The molecule has 1 unspecified atom stereocenters. The molecule has 2 heterocycles. The van der Waals surface area contributed by atoms with Gasteiger partial charge in [-0.05, 0) is 42.3 Å². The monoisotopic (exact) mass is 337 g/mol. The van der Waals surface area contributed by atoms with E-state index in [0.717, 1.165) is 11.3 Å². The van der Waals surface area contributed by atoms with Crippen molar-refractivity contribution >= 4 is 17.6 Å². The van der Waals surface area contributed by atoms with Crippen molar-refractivity contribution in [2.24, 2.45) is 0 Å². The summed E-state index contributed by atoms with van der Waals surface area (Å²) in [6.07, 6.45) is 1.99. The first-order valence-corrected chi connectivity index (χ1v) is 8.40. The highest BCUT2D eigenvalue weighted by Crippen LogP contribution is 2.41. The van der Waals surface area contributed by atoms with Crippen molar-refractivity contribution in [3.05, 3.63) is 59.7 Å². The molecule has 2 aromatic rings. The van der Waals surface area contributed by atoms with Crippen LogP contribution < -0.4 is 9.64 Å². The minimum Gasteiger partial charge on any atom is -0.477 e. The van der Waals surface area contributed by atoms with E-state index in [0.29, 0.717) is 37.1 Å². The Labute approximate surface area is 146 Å². The predicted octanol–water partition coefficient (Wildman–Crippen LogP) is 2.97. The third-order valence-corrected chi connectivity index (χ3v) is 5.03. The minimum absolute atomic E-state index is 0.0152. The Bertz CT molecular complexity index is 833. The number of methoxy groups -OCH3 is 1. The lowest BCUT2D eigenvalue weighted by Crippen LogP contribution is -2.47. The Hall–Kier alpha value is -2.82. The molecule has 1 atom stereocenters. The molecule has 1 amide bonds. The van der Waals surface area contributed by atoms with E-state index in [-0.39, 0.29) is 11.9 Å². The number of carbonyl (C=O) groups is 2. The van der Waals surface area contributed by atoms with Crippen LogP contribution in [0.4, 0.5) is 5.69 Å². The average Bonchev–Trinajstić information content (AvgIpc) is 2.97. The highest BCUT2D eigenvalue weighted by atomic mass is 16.5. The summed E-state index contributed by atoms with van der Waals surface area (Å²) in [4.78, 5) is 26.5. The zero-order chi connectivity index (χ0) is 17.4. The molecule has 0 saturated carbocycles. The first-order chi connectivity index (χ1) is 12.1. The van der Waals surface area contributed by atoms with Crippen LogP contribution in [0.2, 0.25) is 0 Å². The summed E-state index contributed by atoms with van der Waals surface area (Å²) in [6.45, 7) is 0.651. The standard InChI is InChI=1S/C20H19NO4/c1-24-18(22)15-7-8-17-14(13-15)9-10-20(25-17)11-12-21(19(20)23)16-5-3-2-4-6-16/h2-8,13H,9-12H2,1H3. The van der Waals surface area contributed by atoms with Gasteiger partial charge in [0.1, 0.15) is 5.75 Å². The predicted molar refractivity (Wildman–Crippen MR) is 92.9 cm³/mol. The van der Waals surface area contributed by atoms with Crippen molar-refractivity contribution in [2.45, 2.75) is 24.9 Å².